The molecule has 0 aromatic heterocycles. The van der Waals surface area contributed by atoms with Crippen molar-refractivity contribution in [3.05, 3.63) is 0 Å². The normalized spacial score (nSPS) is 44.7. The Hall–Kier alpha value is -0.760. The van der Waals surface area contributed by atoms with Crippen molar-refractivity contribution in [1.29, 1.82) is 0 Å². The van der Waals surface area contributed by atoms with Crippen LogP contribution in [0.3, 0.4) is 0 Å². The van der Waals surface area contributed by atoms with Crippen LogP contribution in [-0.2, 0) is 19.1 Å². The lowest BCUT2D eigenvalue weighted by Crippen LogP contribution is -2.58. The van der Waals surface area contributed by atoms with E-state index in [4.69, 9.17) is 4.74 Å². The summed E-state index contributed by atoms with van der Waals surface area (Å²) >= 11 is 1.16. The molecule has 5 aliphatic rings. The summed E-state index contributed by atoms with van der Waals surface area (Å²) < 4.78 is 5.34. The molecule has 34 heavy (non-hydrogen) atoms. The van der Waals surface area contributed by atoms with Crippen LogP contribution in [0, 0.1) is 40.4 Å². The monoisotopic (exact) mass is 491 g/mol. The first-order chi connectivity index (χ1) is 16.2. The van der Waals surface area contributed by atoms with E-state index >= 15 is 0 Å². The lowest BCUT2D eigenvalue weighted by atomic mass is 9.44. The molecule has 5 fully saturated rings. The highest BCUT2D eigenvalue weighted by molar-refractivity contribution is 8.14. The van der Waals surface area contributed by atoms with Crippen LogP contribution >= 0.6 is 11.8 Å². The number of carbonyl (C=O) groups excluding carboxylic acids is 3. The number of morpholine rings is 1. The molecule has 5 rings (SSSR count). The highest BCUT2D eigenvalue weighted by atomic mass is 32.2. The Morgan fingerprint density at radius 3 is 2.62 bits per heavy atom. The first kappa shape index (κ1) is 24.9. The van der Waals surface area contributed by atoms with Gasteiger partial charge >= 0.3 is 0 Å². The van der Waals surface area contributed by atoms with Crippen molar-refractivity contribution in [3.63, 3.8) is 0 Å². The summed E-state index contributed by atoms with van der Waals surface area (Å²) in [6.07, 6.45) is 6.91. The summed E-state index contributed by atoms with van der Waals surface area (Å²) in [4.78, 5) is 41.7. The van der Waals surface area contributed by atoms with E-state index in [1.165, 1.54) is 0 Å². The third-order valence-electron chi connectivity index (χ3n) is 10.5. The number of nitrogens with zero attached hydrogens (tertiary/aromatic N) is 1. The van der Waals surface area contributed by atoms with Crippen molar-refractivity contribution in [1.82, 2.24) is 4.90 Å². The van der Waals surface area contributed by atoms with Crippen molar-refractivity contribution in [2.75, 3.05) is 38.6 Å². The highest BCUT2D eigenvalue weighted by Gasteiger charge is 2.64. The van der Waals surface area contributed by atoms with Gasteiger partial charge < -0.3 is 9.84 Å². The van der Waals surface area contributed by atoms with Crippen LogP contribution in [0.1, 0.15) is 65.2 Å². The fourth-order valence-electron chi connectivity index (χ4n) is 8.82. The predicted molar refractivity (Wildman–Crippen MR) is 131 cm³/mol. The van der Waals surface area contributed by atoms with E-state index in [0.717, 1.165) is 69.8 Å². The van der Waals surface area contributed by atoms with Gasteiger partial charge in [0.15, 0.2) is 0 Å². The molecule has 4 saturated carbocycles. The van der Waals surface area contributed by atoms with E-state index in [1.54, 1.807) is 0 Å². The van der Waals surface area contributed by atoms with Crippen LogP contribution in [0.2, 0.25) is 0 Å². The van der Waals surface area contributed by atoms with E-state index in [0.29, 0.717) is 49.7 Å². The van der Waals surface area contributed by atoms with Gasteiger partial charge in [-0.25, -0.2) is 0 Å². The topological polar surface area (TPSA) is 83.9 Å². The summed E-state index contributed by atoms with van der Waals surface area (Å²) in [6.45, 7) is 7.75. The maximum Gasteiger partial charge on any atom is 0.203 e. The van der Waals surface area contributed by atoms with Crippen molar-refractivity contribution in [3.8, 4) is 0 Å². The van der Waals surface area contributed by atoms with Crippen LogP contribution < -0.4 is 0 Å². The van der Waals surface area contributed by atoms with Crippen LogP contribution in [0.15, 0.2) is 0 Å². The Morgan fingerprint density at radius 1 is 1.09 bits per heavy atom. The summed E-state index contributed by atoms with van der Waals surface area (Å²) in [6, 6.07) is 0. The fraction of sp³-hybridized carbons (Fsp3) is 0.889. The zero-order chi connectivity index (χ0) is 24.1. The zero-order valence-electron chi connectivity index (χ0n) is 20.8. The lowest BCUT2D eigenvalue weighted by Gasteiger charge is -2.59. The van der Waals surface area contributed by atoms with E-state index in [-0.39, 0.29) is 45.4 Å². The summed E-state index contributed by atoms with van der Waals surface area (Å²) in [5, 5.41) is 10.3. The number of hydrogen-bond acceptors (Lipinski definition) is 7. The molecule has 1 saturated heterocycles. The van der Waals surface area contributed by atoms with Crippen molar-refractivity contribution >= 4 is 28.4 Å². The van der Waals surface area contributed by atoms with Gasteiger partial charge in [0.2, 0.25) is 5.12 Å². The largest absolute Gasteiger partial charge is 0.393 e. The van der Waals surface area contributed by atoms with Gasteiger partial charge in [-0.3, -0.25) is 19.3 Å². The second-order valence-corrected chi connectivity index (χ2v) is 13.3. The minimum Gasteiger partial charge on any atom is -0.393 e. The quantitative estimate of drug-likeness (QED) is 0.631. The lowest BCUT2D eigenvalue weighted by molar-refractivity contribution is -0.162. The molecule has 0 spiro atoms. The Labute approximate surface area is 207 Å². The van der Waals surface area contributed by atoms with Crippen molar-refractivity contribution in [2.45, 2.75) is 71.3 Å². The molecule has 1 aliphatic heterocycles. The highest BCUT2D eigenvalue weighted by Crippen LogP contribution is 2.66. The molecule has 6 nitrogen and oxygen atoms in total. The van der Waals surface area contributed by atoms with Gasteiger partial charge in [0.25, 0.3) is 0 Å². The Balaban J connectivity index is 1.24. The van der Waals surface area contributed by atoms with Gasteiger partial charge in [-0.15, -0.1) is 0 Å². The second kappa shape index (κ2) is 9.60. The number of aliphatic hydroxyl groups excluding tert-OH is 1. The van der Waals surface area contributed by atoms with Crippen molar-refractivity contribution in [2.24, 2.45) is 40.4 Å². The minimum atomic E-state index is -0.263. The number of Topliss-reactive ketones (excluding diaryl/α,β-unsaturated/α-hetero) is 2. The molecule has 190 valence electrons. The molecule has 1 N–H and O–H groups in total. The molecule has 0 unspecified atom stereocenters. The van der Waals surface area contributed by atoms with Gasteiger partial charge in [0, 0.05) is 31.3 Å². The minimum absolute atomic E-state index is 0.00438. The Kier molecular flexibility index (Phi) is 7.04. The first-order valence-electron chi connectivity index (χ1n) is 13.4. The van der Waals surface area contributed by atoms with Gasteiger partial charge in [-0.1, -0.05) is 25.6 Å². The standard InChI is InChI=1S/C27H41NO5S/c1-26-8-7-18(29)13-17(26)3-4-19-20-5-6-21(27(20,2)14-22(30)25(19)26)23(31)16-34-24(32)15-28-9-11-33-12-10-28/h17-21,25,29H,3-16H2,1-2H3/t17-,18+,19-,20-,21+,25+,26-,27-/m0/s1. The molecule has 0 aromatic carbocycles. The summed E-state index contributed by atoms with van der Waals surface area (Å²) in [5.74, 6) is 1.98. The maximum absolute atomic E-state index is 13.7. The average Bonchev–Trinajstić information content (AvgIpc) is 3.15. The number of ketones is 2. The number of rotatable bonds is 5. The van der Waals surface area contributed by atoms with Gasteiger partial charge in [0.1, 0.15) is 11.6 Å². The SMILES string of the molecule is C[C@]12CC[C@@H](O)C[C@@H]1CC[C@H]1[C@@H]3CC[C@H](C(=O)CSC(=O)CN4CCOCC4)[C@@]3(C)CC(=O)[C@@H]12. The molecular weight excluding hydrogens is 450 g/mol. The molecule has 0 bridgehead atoms. The molecule has 8 atom stereocenters. The van der Waals surface area contributed by atoms with Crippen LogP contribution in [0.4, 0.5) is 0 Å². The zero-order valence-corrected chi connectivity index (χ0v) is 21.6. The number of thioether (sulfide) groups is 1. The first-order valence-corrected chi connectivity index (χ1v) is 14.4. The van der Waals surface area contributed by atoms with Gasteiger partial charge in [-0.2, -0.15) is 0 Å². The number of fused-ring (bicyclic) bond motifs is 5. The van der Waals surface area contributed by atoms with E-state index in [1.807, 2.05) is 0 Å². The average molecular weight is 492 g/mol. The molecule has 1 heterocycles. The van der Waals surface area contributed by atoms with E-state index in [9.17, 15) is 19.5 Å². The molecule has 0 amide bonds. The number of ether oxygens (including phenoxy) is 1. The molecule has 7 heteroatoms. The van der Waals surface area contributed by atoms with Crippen LogP contribution in [-0.4, -0.2) is 71.4 Å². The Morgan fingerprint density at radius 2 is 1.85 bits per heavy atom. The van der Waals surface area contributed by atoms with Crippen molar-refractivity contribution < 1.29 is 24.2 Å². The predicted octanol–water partition coefficient (Wildman–Crippen LogP) is 3.35. The molecular formula is C27H41NO5S. The second-order valence-electron chi connectivity index (χ2n) is 12.3. The molecule has 0 aromatic rings. The smallest absolute Gasteiger partial charge is 0.203 e. The van der Waals surface area contributed by atoms with Gasteiger partial charge in [0.05, 0.1) is 31.6 Å². The Bertz CT molecular complexity index is 828. The van der Waals surface area contributed by atoms with Crippen LogP contribution in [0.25, 0.3) is 0 Å². The summed E-state index contributed by atoms with van der Waals surface area (Å²) in [5.41, 5.74) is -0.259. The van der Waals surface area contributed by atoms with Crippen LogP contribution in [0.5, 0.6) is 0 Å². The summed E-state index contributed by atoms with van der Waals surface area (Å²) in [7, 11) is 0. The maximum atomic E-state index is 13.7. The third kappa shape index (κ3) is 4.33. The van der Waals surface area contributed by atoms with E-state index in [2.05, 4.69) is 18.7 Å². The number of aliphatic hydroxyl groups is 1. The number of carbonyl (C=O) groups is 3. The fourth-order valence-corrected chi connectivity index (χ4v) is 9.60. The third-order valence-corrected chi connectivity index (χ3v) is 11.4. The number of hydrogen-bond donors (Lipinski definition) is 1. The molecule has 4 aliphatic carbocycles. The van der Waals surface area contributed by atoms with E-state index < -0.39 is 0 Å². The van der Waals surface area contributed by atoms with Gasteiger partial charge in [-0.05, 0) is 73.5 Å². The molecule has 0 radical (unpaired) electrons.